The van der Waals surface area contributed by atoms with E-state index < -0.39 is 24.3 Å². The Morgan fingerprint density at radius 3 is 2.05 bits per heavy atom. The van der Waals surface area contributed by atoms with Crippen LogP contribution >= 0.6 is 0 Å². The van der Waals surface area contributed by atoms with Crippen molar-refractivity contribution in [2.45, 2.75) is 70.9 Å². The average Bonchev–Trinajstić information content (AvgIpc) is 2.97. The number of unbranched alkanes of at least 4 members (excludes halogenated alkanes) is 4. The lowest BCUT2D eigenvalue weighted by atomic mass is 9.97. The maximum Gasteiger partial charge on any atom is 0.422 e. The third-order valence-corrected chi connectivity index (χ3v) is 7.39. The molecule has 0 fully saturated rings. The summed E-state index contributed by atoms with van der Waals surface area (Å²) in [6.45, 7) is 1.17. The van der Waals surface area contributed by atoms with Crippen LogP contribution in [0.15, 0.2) is 66.7 Å². The molecular weight excluding hydrogens is 566 g/mol. The minimum atomic E-state index is -4.56. The van der Waals surface area contributed by atoms with Gasteiger partial charge in [0.2, 0.25) is 0 Å². The van der Waals surface area contributed by atoms with Gasteiger partial charge in [-0.05, 0) is 77.9 Å². The molecule has 2 nitrogen and oxygen atoms in total. The van der Waals surface area contributed by atoms with Crippen LogP contribution in [0.1, 0.15) is 61.3 Å². The van der Waals surface area contributed by atoms with Crippen LogP contribution in [0.5, 0.6) is 11.5 Å². The normalized spacial score (nSPS) is 11.7. The van der Waals surface area contributed by atoms with Crippen molar-refractivity contribution in [1.82, 2.24) is 0 Å². The van der Waals surface area contributed by atoms with Gasteiger partial charge in [0, 0.05) is 11.5 Å². The minimum Gasteiger partial charge on any atom is -0.493 e. The molecule has 0 aromatic heterocycles. The van der Waals surface area contributed by atoms with Crippen molar-refractivity contribution in [1.29, 1.82) is 0 Å². The number of benzene rings is 4. The van der Waals surface area contributed by atoms with Crippen LogP contribution in [-0.2, 0) is 25.7 Å². The molecule has 0 saturated heterocycles. The lowest BCUT2D eigenvalue weighted by Crippen LogP contribution is -2.19. The van der Waals surface area contributed by atoms with Crippen molar-refractivity contribution in [2.24, 2.45) is 0 Å². The van der Waals surface area contributed by atoms with Gasteiger partial charge in [-0.1, -0.05) is 75.1 Å². The van der Waals surface area contributed by atoms with Crippen LogP contribution < -0.4 is 9.47 Å². The predicted octanol–water partition coefficient (Wildman–Crippen LogP) is 10.1. The first-order valence-electron chi connectivity index (χ1n) is 14.7. The van der Waals surface area contributed by atoms with Crippen LogP contribution in [-0.4, -0.2) is 19.4 Å². The van der Waals surface area contributed by atoms with Gasteiger partial charge in [0.1, 0.15) is 17.4 Å². The van der Waals surface area contributed by atoms with Crippen molar-refractivity contribution in [2.75, 3.05) is 13.2 Å². The predicted molar refractivity (Wildman–Crippen MR) is 157 cm³/mol. The second-order valence-electron chi connectivity index (χ2n) is 10.8. The SMILES string of the molecule is CCCCCCCOc1ccc(CCc2ccc3c(F)c(CCc4ccc(OCC(F)(F)F)c(F)c4)ccc3c2)c(F)c1. The maximum absolute atomic E-state index is 15.3. The summed E-state index contributed by atoms with van der Waals surface area (Å²) in [6.07, 6.45) is 2.74. The first-order chi connectivity index (χ1) is 20.6. The van der Waals surface area contributed by atoms with E-state index in [2.05, 4.69) is 11.7 Å². The van der Waals surface area contributed by atoms with Crippen LogP contribution in [0.3, 0.4) is 0 Å². The fourth-order valence-electron chi connectivity index (χ4n) is 4.99. The highest BCUT2D eigenvalue weighted by atomic mass is 19.4. The Kier molecular flexibility index (Phi) is 11.4. The lowest BCUT2D eigenvalue weighted by molar-refractivity contribution is -0.153. The molecule has 0 radical (unpaired) electrons. The Morgan fingerprint density at radius 2 is 1.33 bits per heavy atom. The van der Waals surface area contributed by atoms with Gasteiger partial charge >= 0.3 is 6.18 Å². The number of alkyl halides is 3. The standard InChI is InChI=1S/C35H36F6O2/c1-2-3-4-5-6-19-42-29-16-15-26(31(36)22-29)11-7-24-9-17-30-28(20-24)14-13-27(34(30)38)12-8-25-10-18-33(32(37)21-25)43-23-35(39,40)41/h9-10,13-18,20-22H,2-8,11-12,19,23H2,1H3. The smallest absolute Gasteiger partial charge is 0.422 e. The van der Waals surface area contributed by atoms with Gasteiger partial charge in [-0.3, -0.25) is 0 Å². The first-order valence-corrected chi connectivity index (χ1v) is 14.7. The van der Waals surface area contributed by atoms with E-state index in [1.54, 1.807) is 24.3 Å². The zero-order valence-corrected chi connectivity index (χ0v) is 24.2. The minimum absolute atomic E-state index is 0.281. The van der Waals surface area contributed by atoms with Crippen LogP contribution in [0.25, 0.3) is 10.8 Å². The van der Waals surface area contributed by atoms with Crippen molar-refractivity contribution in [3.05, 3.63) is 106 Å². The Bertz CT molecular complexity index is 1500. The molecule has 4 aromatic carbocycles. The third kappa shape index (κ3) is 9.66. The van der Waals surface area contributed by atoms with Crippen LogP contribution in [0, 0.1) is 17.5 Å². The Morgan fingerprint density at radius 1 is 0.628 bits per heavy atom. The van der Waals surface area contributed by atoms with Crippen molar-refractivity contribution in [3.8, 4) is 11.5 Å². The van der Waals surface area contributed by atoms with Gasteiger partial charge in [0.25, 0.3) is 0 Å². The topological polar surface area (TPSA) is 18.5 Å². The molecule has 43 heavy (non-hydrogen) atoms. The Balaban J connectivity index is 1.31. The van der Waals surface area contributed by atoms with Crippen LogP contribution in [0.2, 0.25) is 0 Å². The molecule has 0 atom stereocenters. The zero-order valence-electron chi connectivity index (χ0n) is 24.2. The second-order valence-corrected chi connectivity index (χ2v) is 10.8. The number of hydrogen-bond acceptors (Lipinski definition) is 2. The highest BCUT2D eigenvalue weighted by molar-refractivity contribution is 5.84. The molecule has 0 aliphatic heterocycles. The highest BCUT2D eigenvalue weighted by Crippen LogP contribution is 2.27. The molecule has 0 saturated carbocycles. The molecule has 230 valence electrons. The van der Waals surface area contributed by atoms with Gasteiger partial charge in [-0.15, -0.1) is 0 Å². The summed E-state index contributed by atoms with van der Waals surface area (Å²) < 4.78 is 91.4. The van der Waals surface area contributed by atoms with Crippen molar-refractivity contribution < 1.29 is 35.8 Å². The molecule has 0 aliphatic carbocycles. The summed E-state index contributed by atoms with van der Waals surface area (Å²) in [5.41, 5.74) is 2.51. The van der Waals surface area contributed by atoms with Gasteiger partial charge in [0.05, 0.1) is 6.61 Å². The van der Waals surface area contributed by atoms with E-state index in [1.807, 2.05) is 18.2 Å². The molecule has 0 unspecified atom stereocenters. The molecule has 0 amide bonds. The lowest BCUT2D eigenvalue weighted by Gasteiger charge is -2.12. The molecule has 4 rings (SSSR count). The van der Waals surface area contributed by atoms with Crippen molar-refractivity contribution >= 4 is 10.8 Å². The van der Waals surface area contributed by atoms with Gasteiger partial charge < -0.3 is 9.47 Å². The fraction of sp³-hybridized carbons (Fsp3) is 0.371. The van der Waals surface area contributed by atoms with Gasteiger partial charge in [-0.25, -0.2) is 13.2 Å². The molecule has 0 N–H and O–H groups in total. The van der Waals surface area contributed by atoms with Crippen molar-refractivity contribution in [3.63, 3.8) is 0 Å². The summed E-state index contributed by atoms with van der Waals surface area (Å²) in [7, 11) is 0. The van der Waals surface area contributed by atoms with Crippen LogP contribution in [0.4, 0.5) is 26.3 Å². The average molecular weight is 603 g/mol. The highest BCUT2D eigenvalue weighted by Gasteiger charge is 2.29. The molecule has 0 heterocycles. The second kappa shape index (κ2) is 15.2. The van der Waals surface area contributed by atoms with E-state index in [1.165, 1.54) is 31.4 Å². The summed E-state index contributed by atoms with van der Waals surface area (Å²) in [5.74, 6) is -1.52. The number of rotatable bonds is 15. The summed E-state index contributed by atoms with van der Waals surface area (Å²) in [6, 6.07) is 17.7. The first kappa shape index (κ1) is 32.2. The fourth-order valence-corrected chi connectivity index (χ4v) is 4.99. The molecular formula is C35H36F6O2. The summed E-state index contributed by atoms with van der Waals surface area (Å²) in [5, 5.41) is 1.17. The maximum atomic E-state index is 15.3. The Labute approximate surface area is 248 Å². The van der Waals surface area contributed by atoms with E-state index in [9.17, 15) is 22.0 Å². The molecule has 8 heteroatoms. The zero-order chi connectivity index (χ0) is 30.8. The van der Waals surface area contributed by atoms with E-state index in [0.29, 0.717) is 53.7 Å². The largest absolute Gasteiger partial charge is 0.493 e. The van der Waals surface area contributed by atoms with E-state index in [0.717, 1.165) is 35.9 Å². The number of halogens is 6. The number of fused-ring (bicyclic) bond motifs is 1. The van der Waals surface area contributed by atoms with Gasteiger partial charge in [-0.2, -0.15) is 13.2 Å². The molecule has 0 bridgehead atoms. The third-order valence-electron chi connectivity index (χ3n) is 7.39. The van der Waals surface area contributed by atoms with E-state index >= 15 is 4.39 Å². The summed E-state index contributed by atoms with van der Waals surface area (Å²) in [4.78, 5) is 0. The van der Waals surface area contributed by atoms with E-state index in [4.69, 9.17) is 4.74 Å². The number of hydrogen-bond donors (Lipinski definition) is 0. The molecule has 0 aliphatic rings. The quantitative estimate of drug-likeness (QED) is 0.0996. The van der Waals surface area contributed by atoms with E-state index in [-0.39, 0.29) is 18.1 Å². The van der Waals surface area contributed by atoms with Gasteiger partial charge in [0.15, 0.2) is 18.2 Å². The number of aryl methyl sites for hydroxylation is 4. The number of ether oxygens (including phenoxy) is 2. The Hall–Kier alpha value is -3.68. The molecule has 0 spiro atoms. The monoisotopic (exact) mass is 602 g/mol. The summed E-state index contributed by atoms with van der Waals surface area (Å²) >= 11 is 0. The molecule has 4 aromatic rings.